The number of benzene rings is 2. The Morgan fingerprint density at radius 3 is 2.43 bits per heavy atom. The zero-order valence-electron chi connectivity index (χ0n) is 15.6. The van der Waals surface area contributed by atoms with Gasteiger partial charge in [0.25, 0.3) is 5.91 Å². The molecule has 1 fully saturated rings. The van der Waals surface area contributed by atoms with Gasteiger partial charge in [-0.2, -0.15) is 0 Å². The van der Waals surface area contributed by atoms with E-state index in [-0.39, 0.29) is 12.5 Å². The number of likely N-dealkylation sites (tertiary alicyclic amines) is 1. The molecule has 5 heteroatoms. The van der Waals surface area contributed by atoms with E-state index in [4.69, 9.17) is 11.2 Å². The van der Waals surface area contributed by atoms with Crippen LogP contribution in [0.5, 0.6) is 5.75 Å². The van der Waals surface area contributed by atoms with E-state index < -0.39 is 5.97 Å². The van der Waals surface area contributed by atoms with E-state index in [0.29, 0.717) is 35.9 Å². The number of carbonyl (C=O) groups is 2. The minimum Gasteiger partial charge on any atom is -0.481 e. The van der Waals surface area contributed by atoms with Gasteiger partial charge >= 0.3 is 5.97 Å². The Hall–Kier alpha value is -3.26. The highest BCUT2D eigenvalue weighted by atomic mass is 16.5. The average Bonchev–Trinajstić information content (AvgIpc) is 2.73. The fourth-order valence-electron chi connectivity index (χ4n) is 3.56. The summed E-state index contributed by atoms with van der Waals surface area (Å²) in [6.45, 7) is 1.55. The van der Waals surface area contributed by atoms with Crippen LogP contribution in [0.25, 0.3) is 0 Å². The van der Waals surface area contributed by atoms with Gasteiger partial charge in [0.2, 0.25) is 0 Å². The molecule has 1 aliphatic rings. The van der Waals surface area contributed by atoms with Crippen LogP contribution in [0.1, 0.15) is 39.1 Å². The van der Waals surface area contributed by atoms with E-state index in [0.717, 1.165) is 24.8 Å². The van der Waals surface area contributed by atoms with Crippen molar-refractivity contribution < 1.29 is 19.4 Å². The minimum absolute atomic E-state index is 0.00730. The van der Waals surface area contributed by atoms with Gasteiger partial charge < -0.3 is 14.7 Å². The molecule has 3 rings (SSSR count). The zero-order chi connectivity index (χ0) is 19.9. The number of hydrogen-bond acceptors (Lipinski definition) is 3. The lowest BCUT2D eigenvalue weighted by molar-refractivity contribution is 0.0690. The molecular formula is C23H23NO4. The van der Waals surface area contributed by atoms with Gasteiger partial charge in [-0.25, -0.2) is 4.79 Å². The Morgan fingerprint density at radius 2 is 1.79 bits per heavy atom. The molecule has 5 nitrogen and oxygen atoms in total. The molecule has 144 valence electrons. The lowest BCUT2D eigenvalue weighted by Gasteiger charge is -2.32. The van der Waals surface area contributed by atoms with Crippen LogP contribution in [-0.4, -0.2) is 41.6 Å². The van der Waals surface area contributed by atoms with Crippen molar-refractivity contribution in [1.82, 2.24) is 4.90 Å². The maximum atomic E-state index is 12.7. The molecule has 1 heterocycles. The summed E-state index contributed by atoms with van der Waals surface area (Å²) in [6, 6.07) is 14.2. The molecule has 2 aromatic rings. The molecule has 1 saturated heterocycles. The van der Waals surface area contributed by atoms with Gasteiger partial charge in [0.05, 0.1) is 5.56 Å². The van der Waals surface area contributed by atoms with Crippen molar-refractivity contribution in [3.63, 3.8) is 0 Å². The smallest absolute Gasteiger partial charge is 0.335 e. The fourth-order valence-corrected chi connectivity index (χ4v) is 3.56. The Balaban J connectivity index is 1.56. The molecule has 1 N–H and O–H groups in total. The summed E-state index contributed by atoms with van der Waals surface area (Å²) < 4.78 is 5.33. The van der Waals surface area contributed by atoms with Gasteiger partial charge in [-0.15, -0.1) is 6.42 Å². The van der Waals surface area contributed by atoms with Gasteiger partial charge in [0.15, 0.2) is 0 Å². The molecule has 0 saturated carbocycles. The lowest BCUT2D eigenvalue weighted by Crippen LogP contribution is -2.39. The first-order valence-corrected chi connectivity index (χ1v) is 9.35. The molecule has 0 spiro atoms. The number of carbonyl (C=O) groups excluding carboxylic acids is 1. The normalized spacial score (nSPS) is 14.3. The number of aromatic carboxylic acids is 1. The van der Waals surface area contributed by atoms with Crippen LogP contribution >= 0.6 is 0 Å². The molecular weight excluding hydrogens is 354 g/mol. The topological polar surface area (TPSA) is 66.8 Å². The first-order valence-electron chi connectivity index (χ1n) is 9.35. The van der Waals surface area contributed by atoms with Gasteiger partial charge in [0.1, 0.15) is 12.4 Å². The maximum Gasteiger partial charge on any atom is 0.335 e. The van der Waals surface area contributed by atoms with Crippen LogP contribution in [0.3, 0.4) is 0 Å². The van der Waals surface area contributed by atoms with Crippen molar-refractivity contribution in [3.8, 4) is 18.1 Å². The van der Waals surface area contributed by atoms with E-state index >= 15 is 0 Å². The Labute approximate surface area is 164 Å². The second kappa shape index (κ2) is 9.09. The third kappa shape index (κ3) is 4.72. The van der Waals surface area contributed by atoms with Crippen LogP contribution in [0.2, 0.25) is 0 Å². The number of hydrogen-bond donors (Lipinski definition) is 1. The number of nitrogens with zero attached hydrogens (tertiary/aromatic N) is 1. The standard InChI is InChI=1S/C23H23NO4/c1-2-15-28-20-9-7-18(8-10-20)22(25)24-13-11-17(12-14-24)16-19-5-3-4-6-21(19)23(26)27/h1,3-10,17H,11-16H2,(H,26,27). The number of ether oxygens (including phenoxy) is 1. The summed E-state index contributed by atoms with van der Waals surface area (Å²) in [7, 11) is 0. The van der Waals surface area contributed by atoms with Crippen molar-refractivity contribution in [2.45, 2.75) is 19.3 Å². The van der Waals surface area contributed by atoms with Crippen molar-refractivity contribution in [3.05, 3.63) is 65.2 Å². The first-order chi connectivity index (χ1) is 13.6. The summed E-state index contributed by atoms with van der Waals surface area (Å²) >= 11 is 0. The van der Waals surface area contributed by atoms with E-state index in [1.54, 1.807) is 36.4 Å². The van der Waals surface area contributed by atoms with Crippen molar-refractivity contribution in [1.29, 1.82) is 0 Å². The van der Waals surface area contributed by atoms with Crippen LogP contribution in [0, 0.1) is 18.3 Å². The molecule has 1 amide bonds. The second-order valence-electron chi connectivity index (χ2n) is 6.92. The highest BCUT2D eigenvalue weighted by molar-refractivity contribution is 5.94. The number of carboxylic acid groups (broad SMARTS) is 1. The predicted molar refractivity (Wildman–Crippen MR) is 107 cm³/mol. The molecule has 0 unspecified atom stereocenters. The molecule has 0 bridgehead atoms. The Morgan fingerprint density at radius 1 is 1.11 bits per heavy atom. The molecule has 0 aliphatic carbocycles. The Bertz CT molecular complexity index is 874. The molecule has 0 aromatic heterocycles. The van der Waals surface area contributed by atoms with Crippen LogP contribution < -0.4 is 4.74 Å². The third-order valence-electron chi connectivity index (χ3n) is 5.08. The lowest BCUT2D eigenvalue weighted by atomic mass is 9.88. The van der Waals surface area contributed by atoms with Gasteiger partial charge in [-0.3, -0.25) is 4.79 Å². The van der Waals surface area contributed by atoms with Crippen LogP contribution in [0.4, 0.5) is 0 Å². The summed E-state index contributed by atoms with van der Waals surface area (Å²) in [5.74, 6) is 2.55. The Kier molecular flexibility index (Phi) is 6.33. The number of piperidine rings is 1. The fraction of sp³-hybridized carbons (Fsp3) is 0.304. The van der Waals surface area contributed by atoms with E-state index in [2.05, 4.69) is 5.92 Å². The van der Waals surface area contributed by atoms with Gasteiger partial charge in [-0.05, 0) is 61.1 Å². The SMILES string of the molecule is C#CCOc1ccc(C(=O)N2CCC(Cc3ccccc3C(=O)O)CC2)cc1. The number of amides is 1. The number of carboxylic acids is 1. The van der Waals surface area contributed by atoms with E-state index in [1.165, 1.54) is 0 Å². The number of rotatable bonds is 6. The monoisotopic (exact) mass is 377 g/mol. The van der Waals surface area contributed by atoms with Crippen LogP contribution in [0.15, 0.2) is 48.5 Å². The zero-order valence-corrected chi connectivity index (χ0v) is 15.6. The minimum atomic E-state index is -0.891. The third-order valence-corrected chi connectivity index (χ3v) is 5.08. The van der Waals surface area contributed by atoms with E-state index in [1.807, 2.05) is 17.0 Å². The molecule has 1 aliphatic heterocycles. The summed E-state index contributed by atoms with van der Waals surface area (Å²) in [5, 5.41) is 9.33. The van der Waals surface area contributed by atoms with Crippen molar-refractivity contribution >= 4 is 11.9 Å². The molecule has 0 atom stereocenters. The molecule has 2 aromatic carbocycles. The maximum absolute atomic E-state index is 12.7. The summed E-state index contributed by atoms with van der Waals surface area (Å²) in [4.78, 5) is 25.9. The largest absolute Gasteiger partial charge is 0.481 e. The first kappa shape index (κ1) is 19.5. The van der Waals surface area contributed by atoms with Crippen LogP contribution in [-0.2, 0) is 6.42 Å². The highest BCUT2D eigenvalue weighted by Crippen LogP contribution is 2.25. The summed E-state index contributed by atoms with van der Waals surface area (Å²) in [6.07, 6.45) is 7.63. The van der Waals surface area contributed by atoms with Gasteiger partial charge in [-0.1, -0.05) is 24.1 Å². The van der Waals surface area contributed by atoms with E-state index in [9.17, 15) is 14.7 Å². The number of terminal acetylenes is 1. The van der Waals surface area contributed by atoms with Crippen molar-refractivity contribution in [2.75, 3.05) is 19.7 Å². The second-order valence-corrected chi connectivity index (χ2v) is 6.92. The molecule has 0 radical (unpaired) electrons. The molecule has 28 heavy (non-hydrogen) atoms. The van der Waals surface area contributed by atoms with Crippen molar-refractivity contribution in [2.24, 2.45) is 5.92 Å². The highest BCUT2D eigenvalue weighted by Gasteiger charge is 2.24. The summed E-state index contributed by atoms with van der Waals surface area (Å²) in [5.41, 5.74) is 1.86. The van der Waals surface area contributed by atoms with Gasteiger partial charge in [0, 0.05) is 18.7 Å². The quantitative estimate of drug-likeness (QED) is 0.783. The average molecular weight is 377 g/mol. The predicted octanol–water partition coefficient (Wildman–Crippen LogP) is 3.49.